The van der Waals surface area contributed by atoms with E-state index in [1.807, 2.05) is 0 Å². The first-order valence-electron chi connectivity index (χ1n) is 9.22. The van der Waals surface area contributed by atoms with Gasteiger partial charge in [0.2, 0.25) is 0 Å². The molecule has 8 heteroatoms. The Kier molecular flexibility index (Phi) is 5.74. The SMILES string of the molecule is [CH3][Sn]([CH3])([CH3])[c]1ccc(-c2cc(F)c(-c3cc[c]([Sn]([CH3])([CH3])[CH3])s3)c3nsnc23)s1. The molecule has 0 aliphatic carbocycles. The number of benzene rings is 1. The van der Waals surface area contributed by atoms with Gasteiger partial charge in [0.05, 0.1) is 0 Å². The molecular weight excluding hydrogens is 621 g/mol. The Labute approximate surface area is 185 Å². The maximum absolute atomic E-state index is 15.4. The number of aromatic nitrogens is 2. The number of rotatable bonds is 4. The number of fused-ring (bicyclic) bond motifs is 1. The zero-order valence-electron chi connectivity index (χ0n) is 16.9. The molecule has 0 saturated carbocycles. The van der Waals surface area contributed by atoms with E-state index in [0.717, 1.165) is 20.8 Å². The van der Waals surface area contributed by atoms with Crippen LogP contribution in [0.4, 0.5) is 4.39 Å². The van der Waals surface area contributed by atoms with E-state index >= 15 is 4.39 Å². The van der Waals surface area contributed by atoms with E-state index < -0.39 is 36.8 Å². The summed E-state index contributed by atoms with van der Waals surface area (Å²) in [6.07, 6.45) is 0. The van der Waals surface area contributed by atoms with Crippen LogP contribution in [0.15, 0.2) is 30.3 Å². The van der Waals surface area contributed by atoms with Crippen molar-refractivity contribution in [3.8, 4) is 20.9 Å². The molecule has 0 unspecified atom stereocenters. The summed E-state index contributed by atoms with van der Waals surface area (Å²) in [5, 5.41) is 0. The summed E-state index contributed by atoms with van der Waals surface area (Å²) < 4.78 is 27.4. The molecule has 3 heterocycles. The number of nitrogens with zero attached hydrogens (tertiary/aromatic N) is 2. The molecule has 0 amide bonds. The fraction of sp³-hybridized carbons (Fsp3) is 0.300. The second kappa shape index (κ2) is 7.58. The molecule has 2 nitrogen and oxygen atoms in total. The van der Waals surface area contributed by atoms with Gasteiger partial charge in [-0.25, -0.2) is 0 Å². The first-order chi connectivity index (χ1) is 13.1. The van der Waals surface area contributed by atoms with E-state index in [-0.39, 0.29) is 5.82 Å². The average Bonchev–Trinajstić information content (AvgIpc) is 3.32. The first kappa shape index (κ1) is 21.2. The Balaban J connectivity index is 1.88. The molecule has 3 aromatic heterocycles. The Morgan fingerprint density at radius 3 is 1.86 bits per heavy atom. The first-order valence-corrected chi connectivity index (χ1v) is 31.6. The summed E-state index contributed by atoms with van der Waals surface area (Å²) in [7, 11) is 0. The van der Waals surface area contributed by atoms with Crippen molar-refractivity contribution in [3.63, 3.8) is 0 Å². The molecule has 0 radical (unpaired) electrons. The van der Waals surface area contributed by atoms with Crippen molar-refractivity contribution in [1.29, 1.82) is 0 Å². The Morgan fingerprint density at radius 1 is 0.750 bits per heavy atom. The van der Waals surface area contributed by atoms with Gasteiger partial charge in [-0.3, -0.25) is 0 Å². The van der Waals surface area contributed by atoms with Crippen LogP contribution in [0.5, 0.6) is 0 Å². The van der Waals surface area contributed by atoms with E-state index in [0.29, 0.717) is 11.1 Å². The quantitative estimate of drug-likeness (QED) is 0.242. The zero-order chi connectivity index (χ0) is 20.3. The predicted molar refractivity (Wildman–Crippen MR) is 130 cm³/mol. The number of halogens is 1. The third kappa shape index (κ3) is 3.96. The van der Waals surface area contributed by atoms with Crippen molar-refractivity contribution in [1.82, 2.24) is 8.75 Å². The fourth-order valence-corrected chi connectivity index (χ4v) is 16.3. The van der Waals surface area contributed by atoms with Crippen LogP contribution in [0.25, 0.3) is 31.9 Å². The van der Waals surface area contributed by atoms with Gasteiger partial charge >= 0.3 is 188 Å². The molecule has 146 valence electrons. The van der Waals surface area contributed by atoms with Gasteiger partial charge in [0.15, 0.2) is 0 Å². The normalized spacial score (nSPS) is 12.8. The van der Waals surface area contributed by atoms with Crippen LogP contribution in [0.1, 0.15) is 0 Å². The van der Waals surface area contributed by atoms with Crippen LogP contribution in [0.2, 0.25) is 29.6 Å². The Morgan fingerprint density at radius 2 is 1.29 bits per heavy atom. The monoisotopic (exact) mass is 646 g/mol. The van der Waals surface area contributed by atoms with Gasteiger partial charge in [0, 0.05) is 0 Å². The molecule has 0 aliphatic heterocycles. The fourth-order valence-electron chi connectivity index (χ4n) is 3.09. The molecule has 0 spiro atoms. The molecule has 28 heavy (non-hydrogen) atoms. The predicted octanol–water partition coefficient (Wildman–Crippen LogP) is 6.38. The molecule has 0 bridgehead atoms. The van der Waals surface area contributed by atoms with Crippen LogP contribution in [-0.2, 0) is 0 Å². The number of hydrogen-bond donors (Lipinski definition) is 0. The summed E-state index contributed by atoms with van der Waals surface area (Å²) in [5.41, 5.74) is 3.02. The van der Waals surface area contributed by atoms with Gasteiger partial charge in [-0.1, -0.05) is 0 Å². The number of hydrogen-bond acceptors (Lipinski definition) is 5. The van der Waals surface area contributed by atoms with Crippen molar-refractivity contribution in [2.45, 2.75) is 29.6 Å². The van der Waals surface area contributed by atoms with Gasteiger partial charge in [0.1, 0.15) is 0 Å². The van der Waals surface area contributed by atoms with Crippen LogP contribution in [0.3, 0.4) is 0 Å². The molecule has 0 atom stereocenters. The third-order valence-electron chi connectivity index (χ3n) is 4.69. The molecule has 4 aromatic rings. The summed E-state index contributed by atoms with van der Waals surface area (Å²) in [5.74, 6) is -0.193. The van der Waals surface area contributed by atoms with E-state index in [2.05, 4.69) is 62.7 Å². The van der Waals surface area contributed by atoms with Gasteiger partial charge < -0.3 is 0 Å². The van der Waals surface area contributed by atoms with Gasteiger partial charge in [0.25, 0.3) is 0 Å². The minimum atomic E-state index is -2.18. The second-order valence-corrected chi connectivity index (χ2v) is 42.6. The van der Waals surface area contributed by atoms with E-state index in [1.54, 1.807) is 28.7 Å². The Hall–Kier alpha value is -0.0326. The third-order valence-corrected chi connectivity index (χ3v) is 26.4. The van der Waals surface area contributed by atoms with E-state index in [9.17, 15) is 0 Å². The second-order valence-electron chi connectivity index (χ2n) is 9.07. The van der Waals surface area contributed by atoms with Crippen LogP contribution in [-0.4, -0.2) is 45.5 Å². The van der Waals surface area contributed by atoms with Crippen molar-refractivity contribution >= 4 is 88.0 Å². The van der Waals surface area contributed by atoms with Gasteiger partial charge in [-0.2, -0.15) is 0 Å². The van der Waals surface area contributed by atoms with Crippen LogP contribution >= 0.6 is 34.4 Å². The van der Waals surface area contributed by atoms with Crippen molar-refractivity contribution in [2.75, 3.05) is 0 Å². The van der Waals surface area contributed by atoms with E-state index in [4.69, 9.17) is 0 Å². The van der Waals surface area contributed by atoms with Gasteiger partial charge in [-0.05, 0) is 0 Å². The maximum atomic E-state index is 15.4. The van der Waals surface area contributed by atoms with Crippen molar-refractivity contribution in [2.24, 2.45) is 0 Å². The van der Waals surface area contributed by atoms with Crippen molar-refractivity contribution in [3.05, 3.63) is 36.1 Å². The standard InChI is InChI=1S/C14H5FN2S3.6CH3.2Sn/c15-9-7-8(10-3-1-5-18-10)13-14(17-20-16-13)12(9)11-4-2-6-19-11;;;;;;;;/h1-4,7H;6*1H3;;. The average molecular weight is 644 g/mol. The molecule has 0 N–H and O–H groups in total. The minimum absolute atomic E-state index is 0.193. The van der Waals surface area contributed by atoms with Crippen molar-refractivity contribution < 1.29 is 4.39 Å². The summed E-state index contributed by atoms with van der Waals surface area (Å²) in [4.78, 5) is 16.5. The molecule has 0 fully saturated rings. The van der Waals surface area contributed by atoms with Crippen LogP contribution in [0, 0.1) is 5.82 Å². The number of thiophene rings is 2. The molecule has 0 saturated heterocycles. The Bertz CT molecular complexity index is 1160. The summed E-state index contributed by atoms with van der Waals surface area (Å²) in [6, 6.07) is 10.3. The molecule has 0 aliphatic rings. The zero-order valence-corrected chi connectivity index (χ0v) is 25.0. The molecule has 4 rings (SSSR count). The van der Waals surface area contributed by atoms with Gasteiger partial charge in [-0.15, -0.1) is 0 Å². The summed E-state index contributed by atoms with van der Waals surface area (Å²) >= 11 is 0.396. The van der Waals surface area contributed by atoms with E-state index in [1.165, 1.54) is 17.5 Å². The molecular formula is C20H23FN2S3Sn2. The van der Waals surface area contributed by atoms with Crippen LogP contribution < -0.4 is 5.79 Å². The molecule has 1 aromatic carbocycles. The topological polar surface area (TPSA) is 25.8 Å². The summed E-state index contributed by atoms with van der Waals surface area (Å²) in [6.45, 7) is 0.